The third-order valence-corrected chi connectivity index (χ3v) is 3.74. The van der Waals surface area contributed by atoms with E-state index in [-0.39, 0.29) is 5.91 Å². The molecule has 1 aromatic rings. The number of benzene rings is 1. The van der Waals surface area contributed by atoms with E-state index >= 15 is 0 Å². The second kappa shape index (κ2) is 4.88. The Kier molecular flexibility index (Phi) is 3.48. The Morgan fingerprint density at radius 3 is 2.88 bits per heavy atom. The normalized spacial score (nSPS) is 19.7. The van der Waals surface area contributed by atoms with E-state index in [0.29, 0.717) is 12.5 Å². The number of nitrogens with zero attached hydrogens (tertiary/aromatic N) is 1. The smallest absolute Gasteiger partial charge is 0.254 e. The van der Waals surface area contributed by atoms with Crippen molar-refractivity contribution in [2.75, 3.05) is 19.6 Å². The fourth-order valence-electron chi connectivity index (χ4n) is 2.36. The molecule has 0 aromatic heterocycles. The molecule has 1 heterocycles. The van der Waals surface area contributed by atoms with Gasteiger partial charge in [-0.1, -0.05) is 12.1 Å². The molecular formula is C14H20N2O. The topological polar surface area (TPSA) is 46.3 Å². The SMILES string of the molecule is Cc1cccc(C(=O)N2CC[C@H](CN)C2)c1C. The van der Waals surface area contributed by atoms with E-state index in [1.165, 1.54) is 5.56 Å². The van der Waals surface area contributed by atoms with Crippen LogP contribution in [-0.2, 0) is 0 Å². The van der Waals surface area contributed by atoms with Gasteiger partial charge in [0.1, 0.15) is 0 Å². The standard InChI is InChI=1S/C14H20N2O/c1-10-4-3-5-13(11(10)2)14(17)16-7-6-12(8-15)9-16/h3-5,12H,6-9,15H2,1-2H3/t12-/m1/s1. The molecule has 0 aliphatic carbocycles. The van der Waals surface area contributed by atoms with Crippen LogP contribution in [0.1, 0.15) is 27.9 Å². The Balaban J connectivity index is 2.18. The van der Waals surface area contributed by atoms with Crippen LogP contribution in [0.25, 0.3) is 0 Å². The van der Waals surface area contributed by atoms with Gasteiger partial charge in [-0.25, -0.2) is 0 Å². The van der Waals surface area contributed by atoms with Crippen molar-refractivity contribution in [2.45, 2.75) is 20.3 Å². The molecular weight excluding hydrogens is 212 g/mol. The number of nitrogens with two attached hydrogens (primary N) is 1. The van der Waals surface area contributed by atoms with Crippen LogP contribution in [0.3, 0.4) is 0 Å². The highest BCUT2D eigenvalue weighted by atomic mass is 16.2. The minimum atomic E-state index is 0.155. The third-order valence-electron chi connectivity index (χ3n) is 3.74. The average molecular weight is 232 g/mol. The van der Waals surface area contributed by atoms with Crippen molar-refractivity contribution in [2.24, 2.45) is 11.7 Å². The highest BCUT2D eigenvalue weighted by Gasteiger charge is 2.26. The van der Waals surface area contributed by atoms with Gasteiger partial charge in [-0.2, -0.15) is 0 Å². The maximum Gasteiger partial charge on any atom is 0.254 e. The monoisotopic (exact) mass is 232 g/mol. The molecule has 1 amide bonds. The second-order valence-corrected chi connectivity index (χ2v) is 4.89. The Morgan fingerprint density at radius 1 is 1.47 bits per heavy atom. The molecule has 0 spiro atoms. The molecule has 3 nitrogen and oxygen atoms in total. The van der Waals surface area contributed by atoms with E-state index in [9.17, 15) is 4.79 Å². The molecule has 2 N–H and O–H groups in total. The summed E-state index contributed by atoms with van der Waals surface area (Å²) in [6.07, 6.45) is 1.03. The van der Waals surface area contributed by atoms with Gasteiger partial charge in [0.15, 0.2) is 0 Å². The third kappa shape index (κ3) is 2.34. The van der Waals surface area contributed by atoms with E-state index in [2.05, 4.69) is 0 Å². The zero-order chi connectivity index (χ0) is 12.4. The predicted octanol–water partition coefficient (Wildman–Crippen LogP) is 1.72. The highest BCUT2D eigenvalue weighted by Crippen LogP contribution is 2.20. The fourth-order valence-corrected chi connectivity index (χ4v) is 2.36. The van der Waals surface area contributed by atoms with Gasteiger partial charge in [0.25, 0.3) is 5.91 Å². The van der Waals surface area contributed by atoms with E-state index in [1.54, 1.807) is 0 Å². The van der Waals surface area contributed by atoms with Crippen LogP contribution < -0.4 is 5.73 Å². The molecule has 1 atom stereocenters. The summed E-state index contributed by atoms with van der Waals surface area (Å²) in [6, 6.07) is 5.91. The lowest BCUT2D eigenvalue weighted by atomic mass is 10.0. The minimum absolute atomic E-state index is 0.155. The Morgan fingerprint density at radius 2 is 2.24 bits per heavy atom. The first-order valence-electron chi connectivity index (χ1n) is 6.19. The zero-order valence-corrected chi connectivity index (χ0v) is 10.6. The van der Waals surface area contributed by atoms with Crippen LogP contribution in [0.2, 0.25) is 0 Å². The van der Waals surface area contributed by atoms with Gasteiger partial charge in [0.2, 0.25) is 0 Å². The van der Waals surface area contributed by atoms with Crippen molar-refractivity contribution in [3.63, 3.8) is 0 Å². The van der Waals surface area contributed by atoms with Gasteiger partial charge in [0, 0.05) is 18.7 Å². The summed E-state index contributed by atoms with van der Waals surface area (Å²) >= 11 is 0. The molecule has 1 aliphatic rings. The van der Waals surface area contributed by atoms with E-state index in [0.717, 1.165) is 30.6 Å². The number of rotatable bonds is 2. The first-order chi connectivity index (χ1) is 8.13. The molecule has 0 radical (unpaired) electrons. The number of carbonyl (C=O) groups is 1. The largest absolute Gasteiger partial charge is 0.338 e. The van der Waals surface area contributed by atoms with Crippen LogP contribution in [0.5, 0.6) is 0 Å². The first kappa shape index (κ1) is 12.1. The Labute approximate surface area is 103 Å². The summed E-state index contributed by atoms with van der Waals surface area (Å²) < 4.78 is 0. The molecule has 17 heavy (non-hydrogen) atoms. The van der Waals surface area contributed by atoms with Crippen molar-refractivity contribution < 1.29 is 4.79 Å². The van der Waals surface area contributed by atoms with Crippen LogP contribution in [0.15, 0.2) is 18.2 Å². The fraction of sp³-hybridized carbons (Fsp3) is 0.500. The second-order valence-electron chi connectivity index (χ2n) is 4.89. The van der Waals surface area contributed by atoms with Crippen LogP contribution in [-0.4, -0.2) is 30.4 Å². The molecule has 0 unspecified atom stereocenters. The lowest BCUT2D eigenvalue weighted by molar-refractivity contribution is 0.0787. The zero-order valence-electron chi connectivity index (χ0n) is 10.6. The van der Waals surface area contributed by atoms with Crippen molar-refractivity contribution in [1.82, 2.24) is 4.90 Å². The molecule has 1 saturated heterocycles. The number of amides is 1. The highest BCUT2D eigenvalue weighted by molar-refractivity contribution is 5.96. The van der Waals surface area contributed by atoms with E-state index in [1.807, 2.05) is 36.9 Å². The van der Waals surface area contributed by atoms with Gasteiger partial charge in [0.05, 0.1) is 0 Å². The summed E-state index contributed by atoms with van der Waals surface area (Å²) in [5, 5.41) is 0. The minimum Gasteiger partial charge on any atom is -0.338 e. The summed E-state index contributed by atoms with van der Waals surface area (Å²) in [5.74, 6) is 0.631. The van der Waals surface area contributed by atoms with Crippen LogP contribution in [0, 0.1) is 19.8 Å². The van der Waals surface area contributed by atoms with Crippen molar-refractivity contribution in [1.29, 1.82) is 0 Å². The number of hydrogen-bond acceptors (Lipinski definition) is 2. The summed E-state index contributed by atoms with van der Waals surface area (Å²) in [5.41, 5.74) is 8.75. The van der Waals surface area contributed by atoms with Crippen molar-refractivity contribution in [3.8, 4) is 0 Å². The van der Waals surface area contributed by atoms with Gasteiger partial charge in [-0.05, 0) is 49.9 Å². The number of hydrogen-bond donors (Lipinski definition) is 1. The summed E-state index contributed by atoms with van der Waals surface area (Å²) in [6.45, 7) is 6.38. The lowest BCUT2D eigenvalue weighted by Gasteiger charge is -2.18. The van der Waals surface area contributed by atoms with Gasteiger partial charge in [-0.15, -0.1) is 0 Å². The molecule has 1 aromatic carbocycles. The molecule has 3 heteroatoms. The quantitative estimate of drug-likeness (QED) is 0.844. The number of likely N-dealkylation sites (tertiary alicyclic amines) is 1. The average Bonchev–Trinajstić information content (AvgIpc) is 2.80. The lowest BCUT2D eigenvalue weighted by Crippen LogP contribution is -2.30. The molecule has 1 aliphatic heterocycles. The molecule has 0 saturated carbocycles. The van der Waals surface area contributed by atoms with Crippen molar-refractivity contribution >= 4 is 5.91 Å². The molecule has 0 bridgehead atoms. The molecule has 1 fully saturated rings. The summed E-state index contributed by atoms with van der Waals surface area (Å²) in [7, 11) is 0. The Bertz CT molecular complexity index is 428. The van der Waals surface area contributed by atoms with Crippen LogP contribution >= 0.6 is 0 Å². The predicted molar refractivity (Wildman–Crippen MR) is 69.0 cm³/mol. The maximum atomic E-state index is 12.4. The van der Waals surface area contributed by atoms with Gasteiger partial charge in [-0.3, -0.25) is 4.79 Å². The number of aryl methyl sites for hydroxylation is 1. The van der Waals surface area contributed by atoms with Gasteiger partial charge >= 0.3 is 0 Å². The molecule has 2 rings (SSSR count). The van der Waals surface area contributed by atoms with E-state index in [4.69, 9.17) is 5.73 Å². The van der Waals surface area contributed by atoms with Crippen molar-refractivity contribution in [3.05, 3.63) is 34.9 Å². The molecule has 92 valence electrons. The van der Waals surface area contributed by atoms with Crippen LogP contribution in [0.4, 0.5) is 0 Å². The number of carbonyl (C=O) groups excluding carboxylic acids is 1. The first-order valence-corrected chi connectivity index (χ1v) is 6.19. The summed E-state index contributed by atoms with van der Waals surface area (Å²) in [4.78, 5) is 14.3. The van der Waals surface area contributed by atoms with E-state index < -0.39 is 0 Å². The Hall–Kier alpha value is -1.35. The maximum absolute atomic E-state index is 12.4. The van der Waals surface area contributed by atoms with Gasteiger partial charge < -0.3 is 10.6 Å².